The number of rotatable bonds is 9. The molecule has 0 fully saturated rings. The number of anilines is 2. The molecule has 1 unspecified atom stereocenters. The normalized spacial score (nSPS) is 11.6. The molecule has 0 aliphatic rings. The van der Waals surface area contributed by atoms with Gasteiger partial charge in [0.05, 0.1) is 10.7 Å². The second-order valence-electron chi connectivity index (χ2n) is 7.20. The molecule has 2 N–H and O–H groups in total. The van der Waals surface area contributed by atoms with Crippen LogP contribution < -0.4 is 10.6 Å². The van der Waals surface area contributed by atoms with Gasteiger partial charge in [-0.1, -0.05) is 66.9 Å². The Bertz CT molecular complexity index is 1060. The first-order valence-corrected chi connectivity index (χ1v) is 12.0. The van der Waals surface area contributed by atoms with Gasteiger partial charge in [-0.25, -0.2) is 0 Å². The summed E-state index contributed by atoms with van der Waals surface area (Å²) in [6, 6.07) is 22.0. The second-order valence-corrected chi connectivity index (χ2v) is 9.22. The van der Waals surface area contributed by atoms with E-state index in [4.69, 9.17) is 23.2 Å². The van der Waals surface area contributed by atoms with Crippen LogP contribution in [0.3, 0.4) is 0 Å². The molecule has 7 heteroatoms. The Kier molecular flexibility index (Phi) is 9.03. The molecule has 0 aromatic heterocycles. The lowest BCUT2D eigenvalue weighted by Crippen LogP contribution is -2.19. The average molecular weight is 487 g/mol. The molecule has 0 heterocycles. The number of carbonyl (C=O) groups excluding carboxylic acids is 2. The minimum Gasteiger partial charge on any atom is -0.326 e. The van der Waals surface area contributed by atoms with Crippen molar-refractivity contribution in [1.29, 1.82) is 0 Å². The molecular weight excluding hydrogens is 463 g/mol. The summed E-state index contributed by atoms with van der Waals surface area (Å²) < 4.78 is 0. The van der Waals surface area contributed by atoms with Gasteiger partial charge in [0.1, 0.15) is 5.25 Å². The van der Waals surface area contributed by atoms with Crippen LogP contribution in [-0.4, -0.2) is 11.8 Å². The lowest BCUT2D eigenvalue weighted by atomic mass is 10.1. The van der Waals surface area contributed by atoms with Crippen molar-refractivity contribution in [2.24, 2.45) is 0 Å². The maximum absolute atomic E-state index is 13.2. The number of halogens is 2. The summed E-state index contributed by atoms with van der Waals surface area (Å²) in [5.41, 5.74) is 2.12. The van der Waals surface area contributed by atoms with E-state index >= 15 is 0 Å². The van der Waals surface area contributed by atoms with Gasteiger partial charge in [0, 0.05) is 22.0 Å². The van der Waals surface area contributed by atoms with Gasteiger partial charge in [-0.15, -0.1) is 11.8 Å². The van der Waals surface area contributed by atoms with E-state index in [1.807, 2.05) is 54.6 Å². The molecule has 4 nitrogen and oxygen atoms in total. The summed E-state index contributed by atoms with van der Waals surface area (Å²) >= 11 is 13.6. The van der Waals surface area contributed by atoms with E-state index in [0.717, 1.165) is 29.0 Å². The molecule has 3 rings (SSSR count). The van der Waals surface area contributed by atoms with Crippen molar-refractivity contribution < 1.29 is 9.59 Å². The van der Waals surface area contributed by atoms with Crippen LogP contribution in [-0.2, 0) is 9.59 Å². The summed E-state index contributed by atoms with van der Waals surface area (Å²) in [6.45, 7) is 2.06. The van der Waals surface area contributed by atoms with E-state index < -0.39 is 5.25 Å². The lowest BCUT2D eigenvalue weighted by molar-refractivity contribution is -0.116. The molecule has 0 saturated carbocycles. The summed E-state index contributed by atoms with van der Waals surface area (Å²) in [5, 5.41) is 6.20. The van der Waals surface area contributed by atoms with Crippen molar-refractivity contribution in [1.82, 2.24) is 0 Å². The van der Waals surface area contributed by atoms with Crippen molar-refractivity contribution in [2.45, 2.75) is 36.3 Å². The number of unbranched alkanes of at least 4 members (excludes halogenated alkanes) is 1. The first-order chi connectivity index (χ1) is 15.5. The number of nitrogens with one attached hydrogen (secondary N) is 2. The summed E-state index contributed by atoms with van der Waals surface area (Å²) in [6.07, 6.45) is 2.36. The predicted molar refractivity (Wildman–Crippen MR) is 135 cm³/mol. The largest absolute Gasteiger partial charge is 0.326 e. The van der Waals surface area contributed by atoms with Gasteiger partial charge in [0.25, 0.3) is 0 Å². The molecular formula is C25H24Cl2N2O2S. The third-order valence-electron chi connectivity index (χ3n) is 4.68. The highest BCUT2D eigenvalue weighted by Gasteiger charge is 2.23. The Balaban J connectivity index is 1.75. The third kappa shape index (κ3) is 7.02. The number of benzene rings is 3. The van der Waals surface area contributed by atoms with Crippen molar-refractivity contribution in [3.63, 3.8) is 0 Å². The van der Waals surface area contributed by atoms with Crippen LogP contribution in [0.1, 0.15) is 37.0 Å². The highest BCUT2D eigenvalue weighted by Crippen LogP contribution is 2.37. The minimum atomic E-state index is -0.493. The van der Waals surface area contributed by atoms with Crippen LogP contribution in [0.15, 0.2) is 77.7 Å². The van der Waals surface area contributed by atoms with Crippen molar-refractivity contribution in [2.75, 3.05) is 10.6 Å². The SMILES string of the molecule is CCCCC(=O)Nc1ccc(SC(C(=O)Nc2ccc(Cl)cc2Cl)c2ccccc2)cc1. The number of hydrogen-bond donors (Lipinski definition) is 2. The Hall–Kier alpha value is -2.47. The topological polar surface area (TPSA) is 58.2 Å². The van der Waals surface area contributed by atoms with E-state index in [1.54, 1.807) is 18.2 Å². The Labute approximate surface area is 202 Å². The van der Waals surface area contributed by atoms with Crippen molar-refractivity contribution >= 4 is 58.2 Å². The van der Waals surface area contributed by atoms with Gasteiger partial charge < -0.3 is 10.6 Å². The number of thioether (sulfide) groups is 1. The van der Waals surface area contributed by atoms with Gasteiger partial charge in [-0.05, 0) is 54.4 Å². The van der Waals surface area contributed by atoms with E-state index in [-0.39, 0.29) is 11.8 Å². The summed E-state index contributed by atoms with van der Waals surface area (Å²) in [4.78, 5) is 26.0. The van der Waals surface area contributed by atoms with Crippen LogP contribution in [0, 0.1) is 0 Å². The van der Waals surface area contributed by atoms with Crippen molar-refractivity contribution in [3.05, 3.63) is 88.4 Å². The highest BCUT2D eigenvalue weighted by atomic mass is 35.5. The zero-order chi connectivity index (χ0) is 22.9. The van der Waals surface area contributed by atoms with Crippen molar-refractivity contribution in [3.8, 4) is 0 Å². The molecule has 1 atom stereocenters. The molecule has 0 bridgehead atoms. The van der Waals surface area contributed by atoms with Gasteiger partial charge in [0.15, 0.2) is 0 Å². The molecule has 3 aromatic carbocycles. The zero-order valence-corrected chi connectivity index (χ0v) is 19.9. The van der Waals surface area contributed by atoms with Gasteiger partial charge >= 0.3 is 0 Å². The molecule has 0 aliphatic heterocycles. The Morgan fingerprint density at radius 2 is 1.66 bits per heavy atom. The average Bonchev–Trinajstić information content (AvgIpc) is 2.79. The molecule has 0 spiro atoms. The van der Waals surface area contributed by atoms with E-state index in [2.05, 4.69) is 17.6 Å². The second kappa shape index (κ2) is 12.0. The molecule has 32 heavy (non-hydrogen) atoms. The van der Waals surface area contributed by atoms with Crippen LogP contribution in [0.4, 0.5) is 11.4 Å². The maximum Gasteiger partial charge on any atom is 0.242 e. The van der Waals surface area contributed by atoms with Gasteiger partial charge in [-0.2, -0.15) is 0 Å². The fourth-order valence-electron chi connectivity index (χ4n) is 3.00. The monoisotopic (exact) mass is 486 g/mol. The Morgan fingerprint density at radius 3 is 2.31 bits per heavy atom. The van der Waals surface area contributed by atoms with E-state index in [0.29, 0.717) is 22.2 Å². The molecule has 0 saturated heterocycles. The summed E-state index contributed by atoms with van der Waals surface area (Å²) in [5.74, 6) is -0.184. The van der Waals surface area contributed by atoms with Crippen LogP contribution in [0.2, 0.25) is 10.0 Å². The number of carbonyl (C=O) groups is 2. The quantitative estimate of drug-likeness (QED) is 0.306. The van der Waals surface area contributed by atoms with Crippen LogP contribution in [0.5, 0.6) is 0 Å². The first kappa shape index (κ1) is 24.2. The molecule has 0 radical (unpaired) electrons. The highest BCUT2D eigenvalue weighted by molar-refractivity contribution is 8.00. The standard InChI is InChI=1S/C25H24Cl2N2O2S/c1-2-3-9-23(30)28-19-11-13-20(14-12-19)32-24(17-7-5-4-6-8-17)25(31)29-22-15-10-18(26)16-21(22)27/h4-8,10-16,24H,2-3,9H2,1H3,(H,28,30)(H,29,31). The number of hydrogen-bond acceptors (Lipinski definition) is 3. The van der Waals surface area contributed by atoms with Gasteiger partial charge in [-0.3, -0.25) is 9.59 Å². The molecule has 0 aliphatic carbocycles. The minimum absolute atomic E-state index is 0.00800. The first-order valence-electron chi connectivity index (χ1n) is 10.3. The molecule has 3 aromatic rings. The van der Waals surface area contributed by atoms with Crippen LogP contribution in [0.25, 0.3) is 0 Å². The Morgan fingerprint density at radius 1 is 0.938 bits per heavy atom. The smallest absolute Gasteiger partial charge is 0.242 e. The van der Waals surface area contributed by atoms with Crippen LogP contribution >= 0.6 is 35.0 Å². The predicted octanol–water partition coefficient (Wildman–Crippen LogP) is 7.59. The number of amides is 2. The maximum atomic E-state index is 13.2. The van der Waals surface area contributed by atoms with Gasteiger partial charge in [0.2, 0.25) is 11.8 Å². The molecule has 166 valence electrons. The zero-order valence-electron chi connectivity index (χ0n) is 17.6. The third-order valence-corrected chi connectivity index (χ3v) is 6.49. The van der Waals surface area contributed by atoms with E-state index in [9.17, 15) is 9.59 Å². The summed E-state index contributed by atoms with van der Waals surface area (Å²) in [7, 11) is 0. The molecule has 2 amide bonds. The fraction of sp³-hybridized carbons (Fsp3) is 0.200. The lowest BCUT2D eigenvalue weighted by Gasteiger charge is -2.18. The fourth-order valence-corrected chi connectivity index (χ4v) is 4.48. The van der Waals surface area contributed by atoms with E-state index in [1.165, 1.54) is 11.8 Å².